The summed E-state index contributed by atoms with van der Waals surface area (Å²) < 4.78 is 4.72. The normalized spacial score (nSPS) is 17.6. The molecule has 22 heavy (non-hydrogen) atoms. The molecule has 0 radical (unpaired) electrons. The van der Waals surface area contributed by atoms with Crippen LogP contribution in [0.15, 0.2) is 47.1 Å². The van der Waals surface area contributed by atoms with Gasteiger partial charge in [-0.3, -0.25) is 4.98 Å². The fourth-order valence-electron chi connectivity index (χ4n) is 2.42. The van der Waals surface area contributed by atoms with Crippen molar-refractivity contribution in [3.05, 3.63) is 52.6 Å². The second-order valence-electron chi connectivity index (χ2n) is 4.57. The summed E-state index contributed by atoms with van der Waals surface area (Å²) >= 11 is 0. The quantitative estimate of drug-likeness (QED) is 0.803. The summed E-state index contributed by atoms with van der Waals surface area (Å²) in [4.78, 5) is 27.6. The van der Waals surface area contributed by atoms with Gasteiger partial charge in [0.05, 0.1) is 24.2 Å². The van der Waals surface area contributed by atoms with Crippen molar-refractivity contribution in [3.8, 4) is 6.07 Å². The molecule has 0 aromatic carbocycles. The number of esters is 1. The van der Waals surface area contributed by atoms with Crippen molar-refractivity contribution >= 4 is 11.9 Å². The van der Waals surface area contributed by atoms with Gasteiger partial charge in [-0.05, 0) is 24.6 Å². The number of aromatic nitrogens is 1. The van der Waals surface area contributed by atoms with Gasteiger partial charge in [0, 0.05) is 18.1 Å². The summed E-state index contributed by atoms with van der Waals surface area (Å²) in [7, 11) is 1.18. The second kappa shape index (κ2) is 6.10. The number of carbonyl (C=O) groups is 2. The number of nitriles is 1. The molecule has 0 spiro atoms. The molecule has 0 saturated heterocycles. The summed E-state index contributed by atoms with van der Waals surface area (Å²) in [6.07, 6.45) is 2.99. The zero-order valence-electron chi connectivity index (χ0n) is 12.0. The zero-order valence-corrected chi connectivity index (χ0v) is 12.0. The molecule has 112 valence electrons. The Hall–Kier alpha value is -3.14. The largest absolute Gasteiger partial charge is 0.478 e. The molecule has 2 heterocycles. The van der Waals surface area contributed by atoms with E-state index in [2.05, 4.69) is 10.3 Å². The summed E-state index contributed by atoms with van der Waals surface area (Å²) in [6, 6.07) is 5.09. The van der Waals surface area contributed by atoms with Crippen LogP contribution in [0.5, 0.6) is 0 Å². The lowest BCUT2D eigenvalue weighted by Gasteiger charge is -2.28. The van der Waals surface area contributed by atoms with Gasteiger partial charge in [0.15, 0.2) is 0 Å². The maximum absolute atomic E-state index is 12.1. The topological polar surface area (TPSA) is 112 Å². The van der Waals surface area contributed by atoms with Crippen LogP contribution in [0.1, 0.15) is 18.4 Å². The number of aliphatic carboxylic acids is 1. The van der Waals surface area contributed by atoms with Crippen molar-refractivity contribution in [2.45, 2.75) is 12.8 Å². The Balaban J connectivity index is 2.73. The summed E-state index contributed by atoms with van der Waals surface area (Å²) in [5.74, 6) is -2.83. The minimum Gasteiger partial charge on any atom is -0.478 e. The first-order chi connectivity index (χ1) is 10.5. The average molecular weight is 299 g/mol. The van der Waals surface area contributed by atoms with Gasteiger partial charge in [0.25, 0.3) is 0 Å². The molecule has 1 aliphatic rings. The molecule has 1 aromatic heterocycles. The molecule has 0 aliphatic carbocycles. The van der Waals surface area contributed by atoms with Crippen LogP contribution in [-0.2, 0) is 14.3 Å². The first kappa shape index (κ1) is 15.3. The third kappa shape index (κ3) is 2.54. The lowest BCUT2D eigenvalue weighted by atomic mass is 9.81. The smallest absolute Gasteiger partial charge is 0.337 e. The third-order valence-electron chi connectivity index (χ3n) is 3.35. The predicted octanol–water partition coefficient (Wildman–Crippen LogP) is 1.08. The van der Waals surface area contributed by atoms with Crippen LogP contribution in [0, 0.1) is 11.3 Å². The van der Waals surface area contributed by atoms with Crippen LogP contribution in [0.4, 0.5) is 0 Å². The van der Waals surface area contributed by atoms with E-state index in [1.54, 1.807) is 19.1 Å². The summed E-state index contributed by atoms with van der Waals surface area (Å²) in [6.45, 7) is 1.54. The Morgan fingerprint density at radius 1 is 1.36 bits per heavy atom. The van der Waals surface area contributed by atoms with Crippen LogP contribution in [0.25, 0.3) is 0 Å². The SMILES string of the molecule is COC(=O)C1=C(C#N)NC(C)=C(C(=O)O)C1c1ccncc1. The first-order valence-corrected chi connectivity index (χ1v) is 6.34. The molecule has 0 saturated carbocycles. The number of carboxylic acid groups (broad SMARTS) is 1. The van der Waals surface area contributed by atoms with Crippen LogP contribution in [0.3, 0.4) is 0 Å². The maximum Gasteiger partial charge on any atom is 0.337 e. The van der Waals surface area contributed by atoms with Gasteiger partial charge in [0.2, 0.25) is 0 Å². The number of pyridine rings is 1. The lowest BCUT2D eigenvalue weighted by molar-refractivity contribution is -0.136. The fourth-order valence-corrected chi connectivity index (χ4v) is 2.42. The second-order valence-corrected chi connectivity index (χ2v) is 4.57. The number of hydrogen-bond donors (Lipinski definition) is 2. The Bertz CT molecular complexity index is 729. The zero-order chi connectivity index (χ0) is 16.3. The summed E-state index contributed by atoms with van der Waals surface area (Å²) in [5, 5.41) is 21.4. The number of rotatable bonds is 3. The molecular weight excluding hydrogens is 286 g/mol. The Kier molecular flexibility index (Phi) is 4.23. The fraction of sp³-hybridized carbons (Fsp3) is 0.200. The number of hydrogen-bond acceptors (Lipinski definition) is 6. The molecule has 7 nitrogen and oxygen atoms in total. The van der Waals surface area contributed by atoms with E-state index < -0.39 is 17.9 Å². The molecule has 7 heteroatoms. The van der Waals surface area contributed by atoms with E-state index in [-0.39, 0.29) is 16.8 Å². The van der Waals surface area contributed by atoms with Crippen LogP contribution < -0.4 is 5.32 Å². The number of carbonyl (C=O) groups excluding carboxylic acids is 1. The predicted molar refractivity (Wildman–Crippen MR) is 75.1 cm³/mol. The van der Waals surface area contributed by atoms with E-state index in [1.807, 2.05) is 6.07 Å². The lowest BCUT2D eigenvalue weighted by Crippen LogP contribution is -2.32. The molecule has 2 N–H and O–H groups in total. The van der Waals surface area contributed by atoms with Gasteiger partial charge in [-0.25, -0.2) is 9.59 Å². The molecule has 0 amide bonds. The van der Waals surface area contributed by atoms with E-state index >= 15 is 0 Å². The highest BCUT2D eigenvalue weighted by molar-refractivity contribution is 5.99. The van der Waals surface area contributed by atoms with Gasteiger partial charge in [-0.15, -0.1) is 0 Å². The Morgan fingerprint density at radius 3 is 2.50 bits per heavy atom. The highest BCUT2D eigenvalue weighted by Crippen LogP contribution is 2.38. The van der Waals surface area contributed by atoms with Crippen molar-refractivity contribution < 1.29 is 19.4 Å². The van der Waals surface area contributed by atoms with Gasteiger partial charge in [0.1, 0.15) is 11.8 Å². The standard InChI is InChI=1S/C15H13N3O4/c1-8-11(14(19)20)12(9-3-5-17-6-4-9)13(15(21)22-2)10(7-16)18-8/h3-6,12,18H,1-2H3,(H,19,20). The van der Waals surface area contributed by atoms with E-state index in [0.29, 0.717) is 11.3 Å². The van der Waals surface area contributed by atoms with Crippen LogP contribution >= 0.6 is 0 Å². The van der Waals surface area contributed by atoms with Crippen molar-refractivity contribution in [1.29, 1.82) is 5.26 Å². The van der Waals surface area contributed by atoms with Gasteiger partial charge in [-0.1, -0.05) is 0 Å². The molecular formula is C15H13N3O4. The minimum absolute atomic E-state index is 0.00870. The molecule has 0 fully saturated rings. The maximum atomic E-state index is 12.1. The van der Waals surface area contributed by atoms with Gasteiger partial charge >= 0.3 is 11.9 Å². The third-order valence-corrected chi connectivity index (χ3v) is 3.35. The molecule has 1 aromatic rings. The van der Waals surface area contributed by atoms with Crippen molar-refractivity contribution in [1.82, 2.24) is 10.3 Å². The Morgan fingerprint density at radius 2 is 2.00 bits per heavy atom. The van der Waals surface area contributed by atoms with Crippen molar-refractivity contribution in [3.63, 3.8) is 0 Å². The first-order valence-electron chi connectivity index (χ1n) is 6.34. The van der Waals surface area contributed by atoms with Gasteiger partial charge in [-0.2, -0.15) is 5.26 Å². The number of nitrogens with one attached hydrogen (secondary N) is 1. The number of dihydropyridines is 1. The minimum atomic E-state index is -1.18. The summed E-state index contributed by atoms with van der Waals surface area (Å²) in [5.41, 5.74) is 0.792. The molecule has 0 bridgehead atoms. The molecule has 1 aliphatic heterocycles. The van der Waals surface area contributed by atoms with E-state index in [4.69, 9.17) is 4.74 Å². The average Bonchev–Trinajstić information content (AvgIpc) is 2.53. The van der Waals surface area contributed by atoms with E-state index in [9.17, 15) is 20.0 Å². The number of ether oxygens (including phenoxy) is 1. The molecule has 1 atom stereocenters. The van der Waals surface area contributed by atoms with Crippen molar-refractivity contribution in [2.24, 2.45) is 0 Å². The molecule has 2 rings (SSSR count). The van der Waals surface area contributed by atoms with Crippen molar-refractivity contribution in [2.75, 3.05) is 7.11 Å². The number of methoxy groups -OCH3 is 1. The molecule has 1 unspecified atom stereocenters. The van der Waals surface area contributed by atoms with Crippen LogP contribution in [0.2, 0.25) is 0 Å². The Labute approximate surface area is 126 Å². The van der Waals surface area contributed by atoms with Gasteiger partial charge < -0.3 is 15.2 Å². The highest BCUT2D eigenvalue weighted by Gasteiger charge is 2.38. The number of carboxylic acids is 1. The van der Waals surface area contributed by atoms with E-state index in [1.165, 1.54) is 19.5 Å². The van der Waals surface area contributed by atoms with E-state index in [0.717, 1.165) is 0 Å². The monoisotopic (exact) mass is 299 g/mol. The van der Waals surface area contributed by atoms with Crippen LogP contribution in [-0.4, -0.2) is 29.1 Å². The number of allylic oxidation sites excluding steroid dienone is 2. The highest BCUT2D eigenvalue weighted by atomic mass is 16.5. The number of nitrogens with zero attached hydrogens (tertiary/aromatic N) is 2.